The Balaban J connectivity index is 1.62. The Morgan fingerprint density at radius 2 is 1.90 bits per heavy atom. The largest absolute Gasteiger partial charge is 0.335 e. The van der Waals surface area contributed by atoms with Gasteiger partial charge < -0.3 is 10.6 Å². The van der Waals surface area contributed by atoms with Gasteiger partial charge in [-0.2, -0.15) is 0 Å². The molecule has 0 aliphatic heterocycles. The van der Waals surface area contributed by atoms with E-state index in [1.54, 1.807) is 12.4 Å². The second-order valence-electron chi connectivity index (χ2n) is 6.52. The molecule has 2 unspecified atom stereocenters. The molecule has 0 bridgehead atoms. The molecule has 3 rings (SSSR count). The second kappa shape index (κ2) is 6.56. The number of nitrogens with two attached hydrogens (primary N) is 1. The molecule has 1 aromatic rings. The van der Waals surface area contributed by atoms with Crippen molar-refractivity contribution in [1.82, 2.24) is 9.88 Å². The molecule has 1 aromatic heterocycles. The Bertz CT molecular complexity index is 472. The lowest BCUT2D eigenvalue weighted by Gasteiger charge is -2.31. The first-order valence-corrected chi connectivity index (χ1v) is 8.18. The molecule has 21 heavy (non-hydrogen) atoms. The van der Waals surface area contributed by atoms with Crippen molar-refractivity contribution < 1.29 is 4.79 Å². The lowest BCUT2D eigenvalue weighted by molar-refractivity contribution is -0.133. The summed E-state index contributed by atoms with van der Waals surface area (Å²) in [5, 5.41) is 0. The minimum Gasteiger partial charge on any atom is -0.335 e. The molecule has 1 amide bonds. The van der Waals surface area contributed by atoms with Crippen molar-refractivity contribution in [2.45, 2.75) is 63.6 Å². The molecule has 2 aliphatic rings. The minimum atomic E-state index is 0.213. The van der Waals surface area contributed by atoms with E-state index in [1.807, 2.05) is 12.1 Å². The first kappa shape index (κ1) is 14.5. The number of rotatable bonds is 5. The molecule has 1 heterocycles. The molecule has 0 saturated heterocycles. The third-order valence-electron chi connectivity index (χ3n) is 4.81. The first-order chi connectivity index (χ1) is 10.2. The SMILES string of the molecule is NC1CCCCC1CC(=O)N(Cc1ccncc1)C1CC1. The van der Waals surface area contributed by atoms with E-state index in [0.29, 0.717) is 24.9 Å². The number of nitrogens with zero attached hydrogens (tertiary/aromatic N) is 2. The number of hydrogen-bond acceptors (Lipinski definition) is 3. The molecule has 4 heteroatoms. The normalized spacial score (nSPS) is 25.6. The van der Waals surface area contributed by atoms with Crippen LogP contribution in [0.1, 0.15) is 50.5 Å². The van der Waals surface area contributed by atoms with Crippen LogP contribution < -0.4 is 5.73 Å². The predicted molar refractivity (Wildman–Crippen MR) is 82.4 cm³/mol. The summed E-state index contributed by atoms with van der Waals surface area (Å²) in [6, 6.07) is 4.65. The molecule has 0 aromatic carbocycles. The Morgan fingerprint density at radius 1 is 1.19 bits per heavy atom. The van der Waals surface area contributed by atoms with Crippen molar-refractivity contribution >= 4 is 5.91 Å². The Labute approximate surface area is 126 Å². The van der Waals surface area contributed by atoms with E-state index in [1.165, 1.54) is 12.8 Å². The van der Waals surface area contributed by atoms with Crippen LogP contribution in [0, 0.1) is 5.92 Å². The fraction of sp³-hybridized carbons (Fsp3) is 0.647. The van der Waals surface area contributed by atoms with Crippen molar-refractivity contribution in [3.63, 3.8) is 0 Å². The van der Waals surface area contributed by atoms with Crippen LogP contribution in [0.25, 0.3) is 0 Å². The molecule has 2 aliphatic carbocycles. The highest BCUT2D eigenvalue weighted by Gasteiger charge is 2.34. The predicted octanol–water partition coefficient (Wildman–Crippen LogP) is 2.48. The summed E-state index contributed by atoms with van der Waals surface area (Å²) in [5.41, 5.74) is 7.36. The molecular formula is C17H25N3O. The van der Waals surface area contributed by atoms with Gasteiger partial charge in [-0.15, -0.1) is 0 Å². The van der Waals surface area contributed by atoms with Gasteiger partial charge in [-0.3, -0.25) is 9.78 Å². The average Bonchev–Trinajstić information content (AvgIpc) is 3.33. The van der Waals surface area contributed by atoms with Gasteiger partial charge in [0, 0.05) is 37.4 Å². The zero-order valence-electron chi connectivity index (χ0n) is 12.6. The summed E-state index contributed by atoms with van der Waals surface area (Å²) in [7, 11) is 0. The monoisotopic (exact) mass is 287 g/mol. The van der Waals surface area contributed by atoms with Gasteiger partial charge in [-0.1, -0.05) is 12.8 Å². The average molecular weight is 287 g/mol. The molecule has 0 spiro atoms. The molecule has 0 radical (unpaired) electrons. The first-order valence-electron chi connectivity index (χ1n) is 8.18. The maximum atomic E-state index is 12.7. The lowest BCUT2D eigenvalue weighted by atomic mass is 9.82. The molecule has 4 nitrogen and oxygen atoms in total. The highest BCUT2D eigenvalue weighted by atomic mass is 16.2. The number of aromatic nitrogens is 1. The van der Waals surface area contributed by atoms with Crippen LogP contribution >= 0.6 is 0 Å². The Hall–Kier alpha value is -1.42. The van der Waals surface area contributed by atoms with Crippen LogP contribution in [0.5, 0.6) is 0 Å². The highest BCUT2D eigenvalue weighted by molar-refractivity contribution is 5.77. The van der Waals surface area contributed by atoms with E-state index < -0.39 is 0 Å². The number of amides is 1. The van der Waals surface area contributed by atoms with Gasteiger partial charge in [0.2, 0.25) is 5.91 Å². The summed E-state index contributed by atoms with van der Waals surface area (Å²) in [5.74, 6) is 0.668. The van der Waals surface area contributed by atoms with Crippen molar-refractivity contribution in [2.75, 3.05) is 0 Å². The second-order valence-corrected chi connectivity index (χ2v) is 6.52. The molecule has 2 fully saturated rings. The van der Waals surface area contributed by atoms with Crippen molar-refractivity contribution in [3.8, 4) is 0 Å². The van der Waals surface area contributed by atoms with E-state index in [-0.39, 0.29) is 11.9 Å². The third-order valence-corrected chi connectivity index (χ3v) is 4.81. The Kier molecular flexibility index (Phi) is 4.54. The Morgan fingerprint density at radius 3 is 2.57 bits per heavy atom. The topological polar surface area (TPSA) is 59.2 Å². The van der Waals surface area contributed by atoms with Crippen LogP contribution in [0.3, 0.4) is 0 Å². The third kappa shape index (κ3) is 3.82. The van der Waals surface area contributed by atoms with E-state index >= 15 is 0 Å². The molecule has 2 N–H and O–H groups in total. The van der Waals surface area contributed by atoms with Gasteiger partial charge in [0.05, 0.1) is 0 Å². The number of pyridine rings is 1. The maximum Gasteiger partial charge on any atom is 0.223 e. The number of hydrogen-bond donors (Lipinski definition) is 1. The highest BCUT2D eigenvalue weighted by Crippen LogP contribution is 2.32. The molecular weight excluding hydrogens is 262 g/mol. The fourth-order valence-electron chi connectivity index (χ4n) is 3.32. The van der Waals surface area contributed by atoms with Crippen LogP contribution in [0.2, 0.25) is 0 Å². The maximum absolute atomic E-state index is 12.7. The molecule has 2 atom stereocenters. The summed E-state index contributed by atoms with van der Waals surface area (Å²) >= 11 is 0. The van der Waals surface area contributed by atoms with Crippen LogP contribution in [-0.2, 0) is 11.3 Å². The summed E-state index contributed by atoms with van der Waals surface area (Å²) in [6.45, 7) is 0.716. The van der Waals surface area contributed by atoms with Gasteiger partial charge in [-0.25, -0.2) is 0 Å². The number of carbonyl (C=O) groups excluding carboxylic acids is 1. The zero-order valence-corrected chi connectivity index (χ0v) is 12.6. The van der Waals surface area contributed by atoms with E-state index in [0.717, 1.165) is 31.2 Å². The summed E-state index contributed by atoms with van der Waals surface area (Å²) in [4.78, 5) is 18.8. The minimum absolute atomic E-state index is 0.213. The van der Waals surface area contributed by atoms with Gasteiger partial charge >= 0.3 is 0 Å². The summed E-state index contributed by atoms with van der Waals surface area (Å²) in [6.07, 6.45) is 11.1. The molecule has 2 saturated carbocycles. The van der Waals surface area contributed by atoms with Crippen LogP contribution in [0.15, 0.2) is 24.5 Å². The van der Waals surface area contributed by atoms with Crippen LogP contribution in [-0.4, -0.2) is 27.9 Å². The van der Waals surface area contributed by atoms with E-state index in [4.69, 9.17) is 5.73 Å². The van der Waals surface area contributed by atoms with E-state index in [2.05, 4.69) is 9.88 Å². The smallest absolute Gasteiger partial charge is 0.223 e. The lowest BCUT2D eigenvalue weighted by Crippen LogP contribution is -2.39. The van der Waals surface area contributed by atoms with Crippen molar-refractivity contribution in [2.24, 2.45) is 11.7 Å². The summed E-state index contributed by atoms with van der Waals surface area (Å²) < 4.78 is 0. The standard InChI is InChI=1S/C17H25N3O/c18-16-4-2-1-3-14(16)11-17(21)20(15-5-6-15)12-13-7-9-19-10-8-13/h7-10,14-16H,1-6,11-12,18H2. The fourth-order valence-corrected chi connectivity index (χ4v) is 3.32. The van der Waals surface area contributed by atoms with E-state index in [9.17, 15) is 4.79 Å². The van der Waals surface area contributed by atoms with Crippen LogP contribution in [0.4, 0.5) is 0 Å². The van der Waals surface area contributed by atoms with Gasteiger partial charge in [0.15, 0.2) is 0 Å². The molecule has 114 valence electrons. The van der Waals surface area contributed by atoms with Gasteiger partial charge in [-0.05, 0) is 49.3 Å². The zero-order chi connectivity index (χ0) is 14.7. The van der Waals surface area contributed by atoms with Gasteiger partial charge in [0.25, 0.3) is 0 Å². The quantitative estimate of drug-likeness (QED) is 0.905. The number of carbonyl (C=O) groups is 1. The van der Waals surface area contributed by atoms with Crippen molar-refractivity contribution in [1.29, 1.82) is 0 Å². The van der Waals surface area contributed by atoms with Gasteiger partial charge in [0.1, 0.15) is 0 Å². The van der Waals surface area contributed by atoms with Crippen molar-refractivity contribution in [3.05, 3.63) is 30.1 Å².